The number of nitrogens with zero attached hydrogens (tertiary/aromatic N) is 3. The van der Waals surface area contributed by atoms with Gasteiger partial charge in [-0.05, 0) is 65.3 Å². The summed E-state index contributed by atoms with van der Waals surface area (Å²) in [5.41, 5.74) is 0. The fourth-order valence-corrected chi connectivity index (χ4v) is 4.75. The Bertz CT molecular complexity index is 377. The van der Waals surface area contributed by atoms with Gasteiger partial charge in [0.2, 0.25) is 0 Å². The highest BCUT2D eigenvalue weighted by Gasteiger charge is 2.36. The number of hydrogen-bond acceptors (Lipinski definition) is 4. The van der Waals surface area contributed by atoms with Crippen LogP contribution in [0.4, 0.5) is 0 Å². The summed E-state index contributed by atoms with van der Waals surface area (Å²) >= 11 is 0. The summed E-state index contributed by atoms with van der Waals surface area (Å²) in [6.07, 6.45) is 4.02. The molecule has 3 aliphatic heterocycles. The van der Waals surface area contributed by atoms with Gasteiger partial charge in [-0.3, -0.25) is 4.90 Å². The predicted molar refractivity (Wildman–Crippen MR) is 95.6 cm³/mol. The molecule has 0 aromatic heterocycles. The van der Waals surface area contributed by atoms with Crippen LogP contribution in [-0.4, -0.2) is 83.3 Å². The highest BCUT2D eigenvalue weighted by molar-refractivity contribution is 4.91. The Hall–Kier alpha value is -0.160. The van der Waals surface area contributed by atoms with Gasteiger partial charge in [0.15, 0.2) is 0 Å². The van der Waals surface area contributed by atoms with Crippen LogP contribution in [-0.2, 0) is 0 Å². The van der Waals surface area contributed by atoms with Crippen LogP contribution in [0.1, 0.15) is 47.0 Å². The smallest absolute Gasteiger partial charge is 0.0794 e. The van der Waals surface area contributed by atoms with Gasteiger partial charge in [0.25, 0.3) is 0 Å². The fraction of sp³-hybridized carbons (Fsp3) is 1.00. The average molecular weight is 324 g/mol. The van der Waals surface area contributed by atoms with E-state index >= 15 is 0 Å². The third-order valence-corrected chi connectivity index (χ3v) is 6.52. The van der Waals surface area contributed by atoms with E-state index in [-0.39, 0.29) is 6.10 Å². The van der Waals surface area contributed by atoms with Gasteiger partial charge in [0, 0.05) is 50.8 Å². The molecule has 0 aromatic rings. The van der Waals surface area contributed by atoms with E-state index in [0.717, 1.165) is 31.0 Å². The maximum absolute atomic E-state index is 9.42. The molecule has 1 N–H and O–H groups in total. The van der Waals surface area contributed by atoms with Gasteiger partial charge >= 0.3 is 0 Å². The molecule has 4 heteroatoms. The Kier molecular flexibility index (Phi) is 5.67. The molecule has 0 saturated carbocycles. The molecule has 3 rings (SSSR count). The lowest BCUT2D eigenvalue weighted by Crippen LogP contribution is -2.57. The largest absolute Gasteiger partial charge is 0.390 e. The zero-order valence-electron chi connectivity index (χ0n) is 15.6. The van der Waals surface area contributed by atoms with Crippen molar-refractivity contribution in [1.29, 1.82) is 0 Å². The molecule has 4 nitrogen and oxygen atoms in total. The molecule has 3 unspecified atom stereocenters. The molecule has 0 spiro atoms. The molecule has 0 aromatic carbocycles. The molecule has 0 radical (unpaired) electrons. The number of aliphatic hydroxyl groups is 1. The van der Waals surface area contributed by atoms with Crippen molar-refractivity contribution in [3.8, 4) is 0 Å². The lowest BCUT2D eigenvalue weighted by molar-refractivity contribution is -0.0381. The fourth-order valence-electron chi connectivity index (χ4n) is 4.75. The first kappa shape index (κ1) is 17.7. The summed E-state index contributed by atoms with van der Waals surface area (Å²) in [7, 11) is 0. The molecule has 0 bridgehead atoms. The zero-order valence-corrected chi connectivity index (χ0v) is 15.6. The Morgan fingerprint density at radius 2 is 1.30 bits per heavy atom. The van der Waals surface area contributed by atoms with E-state index in [1.165, 1.54) is 45.4 Å². The van der Waals surface area contributed by atoms with E-state index in [4.69, 9.17) is 0 Å². The monoisotopic (exact) mass is 323 g/mol. The number of rotatable bonds is 7. The third kappa shape index (κ3) is 4.28. The maximum atomic E-state index is 9.42. The number of hydrogen-bond donors (Lipinski definition) is 1. The SMILES string of the molecule is CC(C)N1CCC(CC(C)N2CC(CC(C)N3CC(O)C3)C2)C1. The maximum Gasteiger partial charge on any atom is 0.0794 e. The molecule has 3 fully saturated rings. The van der Waals surface area contributed by atoms with Gasteiger partial charge < -0.3 is 14.9 Å². The van der Waals surface area contributed by atoms with Crippen molar-refractivity contribution in [2.24, 2.45) is 11.8 Å². The lowest BCUT2D eigenvalue weighted by Gasteiger charge is -2.47. The Morgan fingerprint density at radius 1 is 0.783 bits per heavy atom. The first-order valence-corrected chi connectivity index (χ1v) is 9.82. The van der Waals surface area contributed by atoms with Crippen molar-refractivity contribution in [3.05, 3.63) is 0 Å². The normalized spacial score (nSPS) is 31.3. The van der Waals surface area contributed by atoms with Crippen molar-refractivity contribution in [3.63, 3.8) is 0 Å². The molecule has 134 valence electrons. The first-order chi connectivity index (χ1) is 10.9. The predicted octanol–water partition coefficient (Wildman–Crippen LogP) is 1.88. The van der Waals surface area contributed by atoms with Gasteiger partial charge in [0.1, 0.15) is 0 Å². The highest BCUT2D eigenvalue weighted by atomic mass is 16.3. The summed E-state index contributed by atoms with van der Waals surface area (Å²) < 4.78 is 0. The minimum Gasteiger partial charge on any atom is -0.390 e. The van der Waals surface area contributed by atoms with E-state index < -0.39 is 0 Å². The zero-order chi connectivity index (χ0) is 16.6. The Labute approximate surface area is 142 Å². The number of β-amino-alcohol motifs (C(OH)–C–C–N with tert-alkyl or cyclic N) is 1. The standard InChI is InChI=1S/C19H37N3O/c1-14(2)20-6-5-17(9-20)7-15(3)21-10-18(11-21)8-16(4)22-12-19(23)13-22/h14-19,23H,5-13H2,1-4H3. The molecule has 3 aliphatic rings. The lowest BCUT2D eigenvalue weighted by atomic mass is 9.88. The van der Waals surface area contributed by atoms with Gasteiger partial charge in [-0.1, -0.05) is 0 Å². The van der Waals surface area contributed by atoms with Crippen LogP contribution in [0.5, 0.6) is 0 Å². The first-order valence-electron chi connectivity index (χ1n) is 9.82. The average Bonchev–Trinajstić information content (AvgIpc) is 2.87. The quantitative estimate of drug-likeness (QED) is 0.775. The van der Waals surface area contributed by atoms with Crippen LogP contribution in [0.2, 0.25) is 0 Å². The second-order valence-electron chi connectivity index (χ2n) is 8.84. The third-order valence-electron chi connectivity index (χ3n) is 6.52. The molecule has 3 saturated heterocycles. The second-order valence-corrected chi connectivity index (χ2v) is 8.84. The molecule has 23 heavy (non-hydrogen) atoms. The summed E-state index contributed by atoms with van der Waals surface area (Å²) in [6.45, 7) is 16.4. The molecular formula is C19H37N3O. The molecular weight excluding hydrogens is 286 g/mol. The van der Waals surface area contributed by atoms with Crippen LogP contribution in [0, 0.1) is 11.8 Å². The second kappa shape index (κ2) is 7.38. The van der Waals surface area contributed by atoms with Crippen molar-refractivity contribution in [2.75, 3.05) is 39.3 Å². The van der Waals surface area contributed by atoms with Crippen molar-refractivity contribution < 1.29 is 5.11 Å². The molecule has 3 heterocycles. The topological polar surface area (TPSA) is 30.0 Å². The van der Waals surface area contributed by atoms with Gasteiger partial charge in [-0.2, -0.15) is 0 Å². The van der Waals surface area contributed by atoms with E-state index in [9.17, 15) is 5.11 Å². The van der Waals surface area contributed by atoms with Crippen molar-refractivity contribution >= 4 is 0 Å². The van der Waals surface area contributed by atoms with Crippen LogP contribution in [0.3, 0.4) is 0 Å². The molecule has 0 amide bonds. The van der Waals surface area contributed by atoms with Gasteiger partial charge in [-0.25, -0.2) is 0 Å². The Balaban J connectivity index is 1.31. The summed E-state index contributed by atoms with van der Waals surface area (Å²) in [6, 6.07) is 2.12. The van der Waals surface area contributed by atoms with Crippen LogP contribution in [0.25, 0.3) is 0 Å². The van der Waals surface area contributed by atoms with Gasteiger partial charge in [-0.15, -0.1) is 0 Å². The number of likely N-dealkylation sites (tertiary alicyclic amines) is 3. The van der Waals surface area contributed by atoms with E-state index in [1.807, 2.05) is 0 Å². The van der Waals surface area contributed by atoms with Crippen molar-refractivity contribution in [2.45, 2.75) is 71.2 Å². The van der Waals surface area contributed by atoms with E-state index in [1.54, 1.807) is 0 Å². The summed E-state index contributed by atoms with van der Waals surface area (Å²) in [5, 5.41) is 9.42. The van der Waals surface area contributed by atoms with Gasteiger partial charge in [0.05, 0.1) is 6.10 Å². The Morgan fingerprint density at radius 3 is 1.83 bits per heavy atom. The summed E-state index contributed by atoms with van der Waals surface area (Å²) in [4.78, 5) is 7.76. The summed E-state index contributed by atoms with van der Waals surface area (Å²) in [5.74, 6) is 1.79. The molecule has 3 atom stereocenters. The minimum absolute atomic E-state index is 0.0628. The van der Waals surface area contributed by atoms with Crippen LogP contribution >= 0.6 is 0 Å². The molecule has 0 aliphatic carbocycles. The van der Waals surface area contributed by atoms with E-state index in [0.29, 0.717) is 12.1 Å². The van der Waals surface area contributed by atoms with E-state index in [2.05, 4.69) is 42.4 Å². The highest BCUT2D eigenvalue weighted by Crippen LogP contribution is 2.30. The van der Waals surface area contributed by atoms with Crippen LogP contribution < -0.4 is 0 Å². The van der Waals surface area contributed by atoms with Crippen molar-refractivity contribution in [1.82, 2.24) is 14.7 Å². The van der Waals surface area contributed by atoms with Crippen LogP contribution in [0.15, 0.2) is 0 Å². The number of aliphatic hydroxyl groups excluding tert-OH is 1. The minimum atomic E-state index is -0.0628.